The van der Waals surface area contributed by atoms with E-state index in [1.807, 2.05) is 0 Å². The fourth-order valence-electron chi connectivity index (χ4n) is 2.93. The second-order valence-electron chi connectivity index (χ2n) is 5.48. The molecule has 0 radical (unpaired) electrons. The van der Waals surface area contributed by atoms with Gasteiger partial charge in [-0.15, -0.1) is 0 Å². The Balaban J connectivity index is 2.10. The van der Waals surface area contributed by atoms with Gasteiger partial charge in [0, 0.05) is 17.2 Å². The number of carbonyl (C=O) groups excluding carboxylic acids is 2. The second kappa shape index (κ2) is 5.89. The van der Waals surface area contributed by atoms with Crippen molar-refractivity contribution in [3.63, 3.8) is 0 Å². The van der Waals surface area contributed by atoms with Crippen molar-refractivity contribution in [1.82, 2.24) is 10.2 Å². The molecule has 1 saturated carbocycles. The first kappa shape index (κ1) is 15.6. The summed E-state index contributed by atoms with van der Waals surface area (Å²) in [5, 5.41) is 2.77. The molecule has 2 aliphatic rings. The molecule has 1 spiro atoms. The van der Waals surface area contributed by atoms with Crippen LogP contribution in [0.3, 0.4) is 0 Å². The molecule has 2 rings (SSSR count). The Bertz CT molecular complexity index is 498. The van der Waals surface area contributed by atoms with Crippen LogP contribution in [0.2, 0.25) is 0 Å². The molecule has 0 bridgehead atoms. The monoisotopic (exact) mass is 322 g/mol. The van der Waals surface area contributed by atoms with E-state index in [1.54, 1.807) is 0 Å². The average Bonchev–Trinajstić information content (AvgIpc) is 2.54. The maximum atomic E-state index is 12.5. The molecule has 0 aromatic heterocycles. The minimum Gasteiger partial charge on any atom is -0.323 e. The average molecular weight is 323 g/mol. The Labute approximate surface area is 123 Å². The molecule has 20 heavy (non-hydrogen) atoms. The van der Waals surface area contributed by atoms with E-state index in [0.29, 0.717) is 12.8 Å². The summed E-state index contributed by atoms with van der Waals surface area (Å²) >= 11 is 0. The third-order valence-corrected chi connectivity index (χ3v) is 5.14. The highest BCUT2D eigenvalue weighted by molar-refractivity contribution is 8.13. The molecule has 3 amide bonds. The molecule has 1 heterocycles. The zero-order valence-corrected chi connectivity index (χ0v) is 12.8. The molecule has 1 aliphatic carbocycles. The predicted octanol–water partition coefficient (Wildman–Crippen LogP) is 1.59. The van der Waals surface area contributed by atoms with Gasteiger partial charge in [-0.25, -0.2) is 13.2 Å². The number of carbonyl (C=O) groups is 2. The number of amides is 3. The van der Waals surface area contributed by atoms with Crippen molar-refractivity contribution in [3.05, 3.63) is 0 Å². The van der Waals surface area contributed by atoms with Crippen molar-refractivity contribution in [1.29, 1.82) is 0 Å². The van der Waals surface area contributed by atoms with Crippen LogP contribution in [0.5, 0.6) is 0 Å². The third-order valence-electron chi connectivity index (χ3n) is 4.01. The number of hydrogen-bond acceptors (Lipinski definition) is 4. The number of nitrogens with zero attached hydrogens (tertiary/aromatic N) is 1. The fraction of sp³-hybridized carbons (Fsp3) is 0.833. The summed E-state index contributed by atoms with van der Waals surface area (Å²) < 4.78 is 21.9. The quantitative estimate of drug-likeness (QED) is 0.631. The summed E-state index contributed by atoms with van der Waals surface area (Å²) in [5.74, 6) is -0.714. The van der Waals surface area contributed by atoms with Crippen molar-refractivity contribution >= 4 is 31.7 Å². The van der Waals surface area contributed by atoms with E-state index in [2.05, 4.69) is 5.32 Å². The molecular weight excluding hydrogens is 304 g/mol. The summed E-state index contributed by atoms with van der Waals surface area (Å²) in [7, 11) is 1.42. The van der Waals surface area contributed by atoms with Crippen LogP contribution in [0.15, 0.2) is 0 Å². The normalized spacial score (nSPS) is 23.6. The summed E-state index contributed by atoms with van der Waals surface area (Å²) in [6.45, 7) is -0.182. The first-order valence-electron chi connectivity index (χ1n) is 6.91. The van der Waals surface area contributed by atoms with Gasteiger partial charge in [0.15, 0.2) is 0 Å². The van der Waals surface area contributed by atoms with Crippen LogP contribution in [0.25, 0.3) is 0 Å². The van der Waals surface area contributed by atoms with Crippen LogP contribution in [0.1, 0.15) is 44.9 Å². The largest absolute Gasteiger partial charge is 0.325 e. The van der Waals surface area contributed by atoms with Gasteiger partial charge in [-0.3, -0.25) is 9.69 Å². The smallest absolute Gasteiger partial charge is 0.323 e. The van der Waals surface area contributed by atoms with Gasteiger partial charge in [0.25, 0.3) is 5.91 Å². The lowest BCUT2D eigenvalue weighted by Crippen LogP contribution is -2.47. The van der Waals surface area contributed by atoms with Crippen molar-refractivity contribution < 1.29 is 18.0 Å². The summed E-state index contributed by atoms with van der Waals surface area (Å²) in [5.41, 5.74) is -0.826. The highest BCUT2D eigenvalue weighted by atomic mass is 35.7. The second-order valence-corrected chi connectivity index (χ2v) is 8.38. The van der Waals surface area contributed by atoms with Gasteiger partial charge in [-0.05, 0) is 12.8 Å². The summed E-state index contributed by atoms with van der Waals surface area (Å²) in [6, 6.07) is -0.504. The van der Waals surface area contributed by atoms with Crippen LogP contribution in [0, 0.1) is 0 Å². The van der Waals surface area contributed by atoms with Crippen molar-refractivity contribution in [2.75, 3.05) is 12.3 Å². The van der Waals surface area contributed by atoms with E-state index in [-0.39, 0.29) is 12.5 Å². The maximum absolute atomic E-state index is 12.5. The van der Waals surface area contributed by atoms with Crippen molar-refractivity contribution in [2.45, 2.75) is 50.5 Å². The molecule has 0 aromatic carbocycles. The fourth-order valence-corrected chi connectivity index (χ4v) is 3.54. The number of halogens is 1. The molecule has 0 unspecified atom stereocenters. The van der Waals surface area contributed by atoms with Crippen LogP contribution in [0.4, 0.5) is 4.79 Å². The number of hydrogen-bond donors (Lipinski definition) is 1. The van der Waals surface area contributed by atoms with E-state index in [4.69, 9.17) is 10.7 Å². The van der Waals surface area contributed by atoms with Gasteiger partial charge in [-0.1, -0.05) is 32.1 Å². The van der Waals surface area contributed by atoms with Gasteiger partial charge in [0.05, 0.1) is 5.75 Å². The molecule has 6 nitrogen and oxygen atoms in total. The van der Waals surface area contributed by atoms with Crippen LogP contribution >= 0.6 is 10.7 Å². The zero-order chi connectivity index (χ0) is 14.8. The Morgan fingerprint density at radius 3 is 2.20 bits per heavy atom. The van der Waals surface area contributed by atoms with Gasteiger partial charge in [0.1, 0.15) is 5.54 Å². The van der Waals surface area contributed by atoms with Crippen molar-refractivity contribution in [3.8, 4) is 0 Å². The number of nitrogens with one attached hydrogen (secondary N) is 1. The Kier molecular flexibility index (Phi) is 4.59. The Hall–Kier alpha value is -0.820. The third kappa shape index (κ3) is 3.44. The van der Waals surface area contributed by atoms with Gasteiger partial charge < -0.3 is 5.32 Å². The SMILES string of the molecule is O=C1NC2(CCCCCCC2)C(=O)N1CCS(=O)(=O)Cl. The number of imide groups is 1. The van der Waals surface area contributed by atoms with Gasteiger partial charge >= 0.3 is 6.03 Å². The molecular formula is C12H19ClN2O4S. The minimum atomic E-state index is -3.72. The minimum absolute atomic E-state index is 0.182. The number of rotatable bonds is 3. The lowest BCUT2D eigenvalue weighted by atomic mass is 9.84. The molecule has 1 aliphatic heterocycles. The molecule has 2 fully saturated rings. The molecule has 0 aromatic rings. The first-order valence-corrected chi connectivity index (χ1v) is 9.38. The molecule has 8 heteroatoms. The summed E-state index contributed by atoms with van der Waals surface area (Å²) in [4.78, 5) is 25.4. The highest BCUT2D eigenvalue weighted by Gasteiger charge is 2.50. The lowest BCUT2D eigenvalue weighted by Gasteiger charge is -2.28. The van der Waals surface area contributed by atoms with E-state index >= 15 is 0 Å². The lowest BCUT2D eigenvalue weighted by molar-refractivity contribution is -0.131. The van der Waals surface area contributed by atoms with Crippen LogP contribution in [-0.4, -0.2) is 43.1 Å². The molecule has 1 N–H and O–H groups in total. The maximum Gasteiger partial charge on any atom is 0.325 e. The summed E-state index contributed by atoms with van der Waals surface area (Å²) in [6.07, 6.45) is 6.32. The Morgan fingerprint density at radius 1 is 1.10 bits per heavy atom. The van der Waals surface area contributed by atoms with E-state index in [0.717, 1.165) is 37.0 Å². The number of urea groups is 1. The standard InChI is InChI=1S/C12H19ClN2O4S/c13-20(18,19)9-8-15-10(16)12(14-11(15)17)6-4-2-1-3-5-7-12/h1-9H2,(H,14,17). The van der Waals surface area contributed by atoms with Crippen LogP contribution in [-0.2, 0) is 13.8 Å². The van der Waals surface area contributed by atoms with Crippen molar-refractivity contribution in [2.24, 2.45) is 0 Å². The van der Waals surface area contributed by atoms with Crippen LogP contribution < -0.4 is 5.32 Å². The predicted molar refractivity (Wildman–Crippen MR) is 74.9 cm³/mol. The Morgan fingerprint density at radius 2 is 1.65 bits per heavy atom. The van der Waals surface area contributed by atoms with Gasteiger partial charge in [0.2, 0.25) is 9.05 Å². The van der Waals surface area contributed by atoms with Gasteiger partial charge in [-0.2, -0.15) is 0 Å². The molecule has 0 atom stereocenters. The zero-order valence-electron chi connectivity index (χ0n) is 11.2. The highest BCUT2D eigenvalue weighted by Crippen LogP contribution is 2.32. The van der Waals surface area contributed by atoms with E-state index in [9.17, 15) is 18.0 Å². The first-order chi connectivity index (χ1) is 9.34. The molecule has 1 saturated heterocycles. The molecule has 114 valence electrons. The topological polar surface area (TPSA) is 83.6 Å². The van der Waals surface area contributed by atoms with E-state index < -0.39 is 26.4 Å². The van der Waals surface area contributed by atoms with E-state index in [1.165, 1.54) is 0 Å².